The molecular weight excluding hydrogens is 378 g/mol. The number of nitrogens with zero attached hydrogens (tertiary/aromatic N) is 2. The molecule has 0 radical (unpaired) electrons. The Morgan fingerprint density at radius 2 is 1.96 bits per heavy atom. The summed E-state index contributed by atoms with van der Waals surface area (Å²) in [6.07, 6.45) is 0. The highest BCUT2D eigenvalue weighted by Gasteiger charge is 2.20. The van der Waals surface area contributed by atoms with E-state index in [2.05, 4.69) is 4.72 Å². The molecule has 10 heteroatoms. The van der Waals surface area contributed by atoms with Gasteiger partial charge in [-0.3, -0.25) is 24.2 Å². The molecule has 0 atom stereocenters. The van der Waals surface area contributed by atoms with Crippen molar-refractivity contribution in [3.8, 4) is 0 Å². The van der Waals surface area contributed by atoms with Gasteiger partial charge in [0.25, 0.3) is 15.7 Å². The average Bonchev–Trinajstić information content (AvgIpc) is 2.88. The van der Waals surface area contributed by atoms with Crippen LogP contribution in [-0.4, -0.2) is 17.9 Å². The smallest absolute Gasteiger partial charge is 0.299 e. The number of benzene rings is 2. The van der Waals surface area contributed by atoms with Gasteiger partial charge in [0.1, 0.15) is 0 Å². The number of aromatic nitrogens is 1. The van der Waals surface area contributed by atoms with E-state index < -0.39 is 14.9 Å². The molecule has 8 nitrogen and oxygen atoms in total. The summed E-state index contributed by atoms with van der Waals surface area (Å²) in [7, 11) is -4.00. The Kier molecular flexibility index (Phi) is 4.55. The number of hydrogen-bond acceptors (Lipinski definition) is 6. The first-order valence-corrected chi connectivity index (χ1v) is 9.94. The summed E-state index contributed by atoms with van der Waals surface area (Å²) in [5, 5.41) is 11.0. The molecule has 0 unspecified atom stereocenters. The van der Waals surface area contributed by atoms with E-state index in [1.165, 1.54) is 19.1 Å². The number of fused-ring (bicyclic) bond motifs is 1. The number of nitro groups is 1. The molecule has 2 aromatic carbocycles. The summed E-state index contributed by atoms with van der Waals surface area (Å²) in [6, 6.07) is 8.54. The number of nitrogens with one attached hydrogen (secondary N) is 1. The standard InChI is InChI=1S/C16H15N3O5S2/c1-3-18-13-7-5-11(8-15(13)25-16(18)20)17-26(23,24)12-6-4-10(2)14(9-12)19(21)22/h4-9,17H,3H2,1-2H3. The fraction of sp³-hybridized carbons (Fsp3) is 0.188. The van der Waals surface area contributed by atoms with Crippen molar-refractivity contribution < 1.29 is 13.3 Å². The van der Waals surface area contributed by atoms with Crippen LogP contribution in [-0.2, 0) is 16.6 Å². The lowest BCUT2D eigenvalue weighted by molar-refractivity contribution is -0.385. The van der Waals surface area contributed by atoms with E-state index in [9.17, 15) is 23.3 Å². The molecule has 1 N–H and O–H groups in total. The summed E-state index contributed by atoms with van der Waals surface area (Å²) in [5.74, 6) is 0. The van der Waals surface area contributed by atoms with Crippen molar-refractivity contribution in [2.75, 3.05) is 4.72 Å². The van der Waals surface area contributed by atoms with Gasteiger partial charge in [-0.15, -0.1) is 0 Å². The SMILES string of the molecule is CCn1c(=O)sc2cc(NS(=O)(=O)c3ccc(C)c([N+](=O)[O-])c3)ccc21. The molecule has 26 heavy (non-hydrogen) atoms. The van der Waals surface area contributed by atoms with Crippen molar-refractivity contribution >= 4 is 43.0 Å². The van der Waals surface area contributed by atoms with Crippen molar-refractivity contribution in [2.45, 2.75) is 25.3 Å². The van der Waals surface area contributed by atoms with Crippen LogP contribution in [0.4, 0.5) is 11.4 Å². The molecule has 0 fully saturated rings. The Bertz CT molecular complexity index is 1180. The van der Waals surface area contributed by atoms with E-state index >= 15 is 0 Å². The second kappa shape index (κ2) is 6.54. The van der Waals surface area contributed by atoms with Crippen LogP contribution in [0.15, 0.2) is 46.1 Å². The highest BCUT2D eigenvalue weighted by atomic mass is 32.2. The van der Waals surface area contributed by atoms with Gasteiger partial charge in [-0.25, -0.2) is 8.42 Å². The summed E-state index contributed by atoms with van der Waals surface area (Å²) in [5.41, 5.74) is 1.13. The lowest BCUT2D eigenvalue weighted by atomic mass is 10.2. The van der Waals surface area contributed by atoms with Crippen LogP contribution in [0.5, 0.6) is 0 Å². The van der Waals surface area contributed by atoms with Gasteiger partial charge in [-0.05, 0) is 38.1 Å². The molecule has 3 rings (SSSR count). The van der Waals surface area contributed by atoms with E-state index in [0.29, 0.717) is 16.8 Å². The van der Waals surface area contributed by atoms with Crippen LogP contribution in [0.1, 0.15) is 12.5 Å². The predicted octanol–water partition coefficient (Wildman–Crippen LogP) is 3.10. The summed E-state index contributed by atoms with van der Waals surface area (Å²) < 4.78 is 29.8. The van der Waals surface area contributed by atoms with Gasteiger partial charge in [-0.2, -0.15) is 0 Å². The van der Waals surface area contributed by atoms with Crippen LogP contribution in [0.3, 0.4) is 0 Å². The molecule has 3 aromatic rings. The minimum absolute atomic E-state index is 0.114. The molecule has 1 aromatic heterocycles. The van der Waals surface area contributed by atoms with Crippen molar-refractivity contribution in [1.29, 1.82) is 0 Å². The number of nitro benzene ring substituents is 1. The van der Waals surface area contributed by atoms with E-state index in [1.54, 1.807) is 22.8 Å². The lowest BCUT2D eigenvalue weighted by Gasteiger charge is -2.09. The molecule has 136 valence electrons. The van der Waals surface area contributed by atoms with Gasteiger partial charge in [0.15, 0.2) is 0 Å². The van der Waals surface area contributed by atoms with Crippen molar-refractivity contribution in [1.82, 2.24) is 4.57 Å². The van der Waals surface area contributed by atoms with Crippen molar-refractivity contribution in [3.63, 3.8) is 0 Å². The monoisotopic (exact) mass is 393 g/mol. The maximum absolute atomic E-state index is 12.6. The molecule has 0 saturated carbocycles. The van der Waals surface area contributed by atoms with Crippen LogP contribution in [0.25, 0.3) is 10.2 Å². The first kappa shape index (κ1) is 18.1. The van der Waals surface area contributed by atoms with Crippen molar-refractivity contribution in [2.24, 2.45) is 0 Å². The third-order valence-electron chi connectivity index (χ3n) is 3.92. The van der Waals surface area contributed by atoms with Gasteiger partial charge >= 0.3 is 4.87 Å². The number of hydrogen-bond donors (Lipinski definition) is 1. The predicted molar refractivity (Wildman–Crippen MR) is 100 cm³/mol. The number of anilines is 1. The molecule has 1 heterocycles. The van der Waals surface area contributed by atoms with Gasteiger partial charge in [0.05, 0.1) is 25.7 Å². The average molecular weight is 393 g/mol. The normalized spacial score (nSPS) is 11.6. The van der Waals surface area contributed by atoms with Crippen LogP contribution < -0.4 is 9.60 Å². The third-order valence-corrected chi connectivity index (χ3v) is 6.25. The van der Waals surface area contributed by atoms with E-state index in [0.717, 1.165) is 22.9 Å². The first-order chi connectivity index (χ1) is 12.2. The third kappa shape index (κ3) is 3.20. The van der Waals surface area contributed by atoms with Gasteiger partial charge in [-0.1, -0.05) is 17.4 Å². The summed E-state index contributed by atoms with van der Waals surface area (Å²) in [4.78, 5) is 22.0. The fourth-order valence-electron chi connectivity index (χ4n) is 2.60. The van der Waals surface area contributed by atoms with E-state index in [4.69, 9.17) is 0 Å². The highest BCUT2D eigenvalue weighted by molar-refractivity contribution is 7.92. The molecule has 0 spiro atoms. The maximum atomic E-state index is 12.6. The molecule has 0 aliphatic rings. The van der Waals surface area contributed by atoms with Crippen LogP contribution in [0.2, 0.25) is 0 Å². The van der Waals surface area contributed by atoms with Gasteiger partial charge in [0.2, 0.25) is 0 Å². The summed E-state index contributed by atoms with van der Waals surface area (Å²) in [6.45, 7) is 3.92. The minimum atomic E-state index is -4.00. The van der Waals surface area contributed by atoms with E-state index in [-0.39, 0.29) is 21.1 Å². The molecular formula is C16H15N3O5S2. The number of thiazole rings is 1. The molecule has 0 aliphatic heterocycles. The topological polar surface area (TPSA) is 111 Å². The lowest BCUT2D eigenvalue weighted by Crippen LogP contribution is -2.13. The zero-order chi connectivity index (χ0) is 19.1. The molecule has 0 bridgehead atoms. The Labute approximate surface area is 152 Å². The highest BCUT2D eigenvalue weighted by Crippen LogP contribution is 2.26. The second-order valence-corrected chi connectivity index (χ2v) is 8.28. The first-order valence-electron chi connectivity index (χ1n) is 7.64. The quantitative estimate of drug-likeness (QED) is 0.529. The molecule has 0 amide bonds. The fourth-order valence-corrected chi connectivity index (χ4v) is 4.66. The maximum Gasteiger partial charge on any atom is 0.308 e. The molecule has 0 saturated heterocycles. The Morgan fingerprint density at radius 3 is 2.62 bits per heavy atom. The van der Waals surface area contributed by atoms with Crippen LogP contribution in [0, 0.1) is 17.0 Å². The number of rotatable bonds is 5. The van der Waals surface area contributed by atoms with Crippen LogP contribution >= 0.6 is 11.3 Å². The number of sulfonamides is 1. The Hall–Kier alpha value is -2.72. The zero-order valence-corrected chi connectivity index (χ0v) is 15.6. The zero-order valence-electron chi connectivity index (χ0n) is 13.9. The molecule has 0 aliphatic carbocycles. The second-order valence-electron chi connectivity index (χ2n) is 5.61. The summed E-state index contributed by atoms with van der Waals surface area (Å²) >= 11 is 1.03. The van der Waals surface area contributed by atoms with Gasteiger partial charge < -0.3 is 0 Å². The Morgan fingerprint density at radius 1 is 1.23 bits per heavy atom. The van der Waals surface area contributed by atoms with Crippen molar-refractivity contribution in [3.05, 3.63) is 61.7 Å². The Balaban J connectivity index is 2.00. The number of aryl methyl sites for hydroxylation is 2. The van der Waals surface area contributed by atoms with E-state index in [1.807, 2.05) is 6.92 Å². The largest absolute Gasteiger partial charge is 0.308 e. The van der Waals surface area contributed by atoms with Gasteiger partial charge in [0, 0.05) is 18.2 Å². The minimum Gasteiger partial charge on any atom is -0.299 e.